The summed E-state index contributed by atoms with van der Waals surface area (Å²) in [5, 5.41) is 37.3. The van der Waals surface area contributed by atoms with Gasteiger partial charge in [-0.1, -0.05) is 131 Å². The van der Waals surface area contributed by atoms with Gasteiger partial charge in [0, 0.05) is 21.9 Å². The Morgan fingerprint density at radius 1 is 0.814 bits per heavy atom. The van der Waals surface area contributed by atoms with Crippen LogP contribution in [0.1, 0.15) is 53.7 Å². The van der Waals surface area contributed by atoms with Crippen molar-refractivity contribution in [1.82, 2.24) is 19.7 Å². The molecule has 6 aromatic rings. The predicted molar refractivity (Wildman–Crippen MR) is 237 cm³/mol. The number of hydrogen-bond acceptors (Lipinski definition) is 7. The van der Waals surface area contributed by atoms with Crippen LogP contribution in [0.4, 0.5) is 5.69 Å². The highest BCUT2D eigenvalue weighted by Gasteiger charge is 2.54. The van der Waals surface area contributed by atoms with Crippen molar-refractivity contribution in [3.05, 3.63) is 161 Å². The first-order valence-corrected chi connectivity index (χ1v) is 20.5. The van der Waals surface area contributed by atoms with Gasteiger partial charge in [0.15, 0.2) is 0 Å². The average molecular weight is 929 g/mol. The van der Waals surface area contributed by atoms with E-state index in [4.69, 9.17) is 91.7 Å². The third-order valence-electron chi connectivity index (χ3n) is 10.0. The number of carbonyl (C=O) groups excluding carboxylic acids is 1. The van der Waals surface area contributed by atoms with Crippen molar-refractivity contribution in [1.29, 1.82) is 10.5 Å². The van der Waals surface area contributed by atoms with E-state index >= 15 is 0 Å². The van der Waals surface area contributed by atoms with Crippen molar-refractivity contribution in [3.8, 4) is 23.3 Å². The summed E-state index contributed by atoms with van der Waals surface area (Å²) in [5.74, 6) is -0.0878. The second-order valence-electron chi connectivity index (χ2n) is 14.1. The molecule has 1 fully saturated rings. The molecule has 0 spiro atoms. The van der Waals surface area contributed by atoms with Crippen LogP contribution in [-0.4, -0.2) is 36.4 Å². The molecule has 0 aliphatic heterocycles. The van der Waals surface area contributed by atoms with Crippen LogP contribution in [0.3, 0.4) is 0 Å². The minimum absolute atomic E-state index is 0.0363. The van der Waals surface area contributed by atoms with Gasteiger partial charge in [-0.05, 0) is 95.8 Å². The highest BCUT2D eigenvalue weighted by molar-refractivity contribution is 6.50. The van der Waals surface area contributed by atoms with Crippen molar-refractivity contribution in [3.63, 3.8) is 0 Å². The molecule has 16 heteroatoms. The lowest BCUT2D eigenvalue weighted by Gasteiger charge is -2.40. The number of halogens is 7. The van der Waals surface area contributed by atoms with Gasteiger partial charge in [-0.2, -0.15) is 15.6 Å². The number of amides is 1. The number of aliphatic hydroxyl groups is 1. The lowest BCUT2D eigenvalue weighted by Crippen LogP contribution is -2.49. The first kappa shape index (κ1) is 45.7. The Kier molecular flexibility index (Phi) is 15.7. The van der Waals surface area contributed by atoms with Crippen LogP contribution >= 0.6 is 81.2 Å². The summed E-state index contributed by atoms with van der Waals surface area (Å²) in [4.78, 5) is 20.1. The van der Waals surface area contributed by atoms with E-state index in [1.165, 1.54) is 11.9 Å². The number of nitriles is 2. The summed E-state index contributed by atoms with van der Waals surface area (Å²) in [5.41, 5.74) is 3.32. The molecule has 2 atom stereocenters. The maximum atomic E-state index is 12.2. The molecule has 2 aromatic heterocycles. The second kappa shape index (κ2) is 20.2. The molecule has 1 amide bonds. The SMILES string of the molecule is CC1(C)CCC(Cc2ccc(Cl)cc2)C1(O)Cn1cncn1.N#Cc1c(Cl)c(Cl)c(Cl)c(C#N)c1Cl.O=C(Nc1ccc(-c2ccc(Cl)cc2)cc1)c1cccnc1Cl. The number of hydrogen-bond donors (Lipinski definition) is 2. The Bertz CT molecular complexity index is 2440. The van der Waals surface area contributed by atoms with Gasteiger partial charge >= 0.3 is 0 Å². The van der Waals surface area contributed by atoms with E-state index in [2.05, 4.69) is 34.2 Å². The Hall–Kier alpha value is -4.39. The van der Waals surface area contributed by atoms with E-state index in [9.17, 15) is 9.90 Å². The van der Waals surface area contributed by atoms with Crippen LogP contribution in [0.2, 0.25) is 35.3 Å². The molecule has 9 nitrogen and oxygen atoms in total. The van der Waals surface area contributed by atoms with Crippen LogP contribution in [0.25, 0.3) is 11.1 Å². The van der Waals surface area contributed by atoms with E-state index in [1.807, 2.05) is 72.8 Å². The smallest absolute Gasteiger partial charge is 0.258 e. The van der Waals surface area contributed by atoms with Crippen LogP contribution in [0.5, 0.6) is 0 Å². The molecule has 2 heterocycles. The lowest BCUT2D eigenvalue weighted by molar-refractivity contribution is -0.0907. The third kappa shape index (κ3) is 11.1. The van der Waals surface area contributed by atoms with Gasteiger partial charge in [0.2, 0.25) is 0 Å². The van der Waals surface area contributed by atoms with Gasteiger partial charge in [0.25, 0.3) is 5.91 Å². The zero-order chi connectivity index (χ0) is 42.9. The van der Waals surface area contributed by atoms with Crippen LogP contribution < -0.4 is 5.32 Å². The van der Waals surface area contributed by atoms with Gasteiger partial charge in [0.1, 0.15) is 29.9 Å². The van der Waals surface area contributed by atoms with E-state index in [1.54, 1.807) is 41.5 Å². The van der Waals surface area contributed by atoms with Crippen molar-refractivity contribution in [2.75, 3.05) is 5.32 Å². The highest BCUT2D eigenvalue weighted by Crippen LogP contribution is 2.51. The standard InChI is InChI=1S/C18H12Cl2N2O.C17H22ClN3O.C8Cl4N2/c19-14-7-3-12(4-8-14)13-5-9-15(10-6-13)22-18(23)16-2-1-11-21-17(16)20;1-16(2)8-7-14(9-13-3-5-15(18)6-4-13)17(16,22)10-21-12-19-11-20-21;9-5-3(1-13)6(10)8(12)7(11)4(5)2-14/h1-11H,(H,22,23);3-6,11-12,14,22H,7-10H2,1-2H3;. The van der Waals surface area contributed by atoms with E-state index in [0.29, 0.717) is 22.8 Å². The molecule has 1 aliphatic rings. The summed E-state index contributed by atoms with van der Waals surface area (Å²) in [6.07, 6.45) is 7.61. The monoisotopic (exact) mass is 925 g/mol. The minimum atomic E-state index is -0.791. The largest absolute Gasteiger partial charge is 0.387 e. The zero-order valence-corrected chi connectivity index (χ0v) is 36.7. The van der Waals surface area contributed by atoms with Gasteiger partial charge in [-0.3, -0.25) is 9.48 Å². The van der Waals surface area contributed by atoms with Crippen LogP contribution in [-0.2, 0) is 13.0 Å². The van der Waals surface area contributed by atoms with Crippen molar-refractivity contribution < 1.29 is 9.90 Å². The third-order valence-corrected chi connectivity index (χ3v) is 12.6. The van der Waals surface area contributed by atoms with Crippen molar-refractivity contribution in [2.24, 2.45) is 11.3 Å². The van der Waals surface area contributed by atoms with Crippen LogP contribution in [0.15, 0.2) is 104 Å². The molecule has 2 N–H and O–H groups in total. The Balaban J connectivity index is 0.000000174. The summed E-state index contributed by atoms with van der Waals surface area (Å²) >= 11 is 40.6. The highest BCUT2D eigenvalue weighted by atomic mass is 35.5. The molecule has 0 radical (unpaired) electrons. The summed E-state index contributed by atoms with van der Waals surface area (Å²) in [6.45, 7) is 4.77. The molecule has 302 valence electrons. The average Bonchev–Trinajstić information content (AvgIpc) is 3.81. The van der Waals surface area contributed by atoms with E-state index in [0.717, 1.165) is 35.4 Å². The summed E-state index contributed by atoms with van der Waals surface area (Å²) in [6, 6.07) is 29.8. The van der Waals surface area contributed by atoms with Crippen LogP contribution in [0, 0.1) is 34.0 Å². The van der Waals surface area contributed by atoms with Gasteiger partial charge in [-0.25, -0.2) is 9.97 Å². The summed E-state index contributed by atoms with van der Waals surface area (Å²) in [7, 11) is 0. The van der Waals surface area contributed by atoms with Gasteiger partial charge in [-0.15, -0.1) is 0 Å². The first-order chi connectivity index (χ1) is 28.1. The molecule has 1 saturated carbocycles. The fraction of sp³-hybridized carbons (Fsp3) is 0.209. The maximum Gasteiger partial charge on any atom is 0.258 e. The fourth-order valence-corrected chi connectivity index (χ4v) is 8.12. The predicted octanol–water partition coefficient (Wildman–Crippen LogP) is 12.7. The zero-order valence-electron chi connectivity index (χ0n) is 31.4. The Morgan fingerprint density at radius 2 is 1.37 bits per heavy atom. The number of nitrogens with one attached hydrogen (secondary N) is 1. The number of benzene rings is 4. The first-order valence-electron chi connectivity index (χ1n) is 17.8. The number of nitrogens with zero attached hydrogens (tertiary/aromatic N) is 6. The lowest BCUT2D eigenvalue weighted by atomic mass is 9.72. The van der Waals surface area contributed by atoms with Crippen molar-refractivity contribution in [2.45, 2.75) is 45.3 Å². The molecule has 2 unspecified atom stereocenters. The Morgan fingerprint density at radius 3 is 1.90 bits per heavy atom. The fourth-order valence-electron chi connectivity index (χ4n) is 6.60. The molecule has 7 rings (SSSR count). The minimum Gasteiger partial charge on any atom is -0.387 e. The molecule has 1 aliphatic carbocycles. The molecule has 4 aromatic carbocycles. The molecule has 0 saturated heterocycles. The number of rotatable bonds is 7. The van der Waals surface area contributed by atoms with Gasteiger partial charge in [0.05, 0.1) is 48.9 Å². The molecular weight excluding hydrogens is 895 g/mol. The summed E-state index contributed by atoms with van der Waals surface area (Å²) < 4.78 is 1.74. The quantitative estimate of drug-likeness (QED) is 0.0922. The molecule has 0 bridgehead atoms. The molecular formula is C43H34Cl7N7O2. The topological polar surface area (TPSA) is 141 Å². The number of pyridine rings is 1. The number of aromatic nitrogens is 4. The second-order valence-corrected chi connectivity index (χ2v) is 16.8. The number of carbonyl (C=O) groups is 1. The van der Waals surface area contributed by atoms with E-state index in [-0.39, 0.29) is 53.6 Å². The van der Waals surface area contributed by atoms with E-state index < -0.39 is 5.60 Å². The van der Waals surface area contributed by atoms with Crippen molar-refractivity contribution >= 4 is 92.8 Å². The maximum absolute atomic E-state index is 12.2. The molecule has 59 heavy (non-hydrogen) atoms. The normalized spacial score (nSPS) is 16.4. The number of anilines is 1. The Labute approximate surface area is 377 Å². The van der Waals surface area contributed by atoms with Gasteiger partial charge < -0.3 is 10.4 Å².